The van der Waals surface area contributed by atoms with Crippen LogP contribution in [0.1, 0.15) is 41.5 Å². The molecule has 2 atom stereocenters. The number of ether oxygens (including phenoxy) is 1. The first-order valence-corrected chi connectivity index (χ1v) is 5.93. The van der Waals surface area contributed by atoms with Crippen molar-refractivity contribution in [1.82, 2.24) is 4.90 Å². The maximum absolute atomic E-state index is 11.8. The standard InChI is InChI=1S/C12H21NO2.H2/c1-12(2,3)15-11(14)13-7-9-5-4-6-10(9)8-13;/h9-10H,4-8H2,1-3H3;1H/t9-,10?;/m0./s1. The Morgan fingerprint density at radius 1 is 1.27 bits per heavy atom. The molecule has 1 unspecified atom stereocenters. The minimum absolute atomic E-state index is 0. The van der Waals surface area contributed by atoms with Crippen LogP contribution in [-0.4, -0.2) is 29.7 Å². The Kier molecular flexibility index (Phi) is 2.65. The molecule has 1 amide bonds. The third-order valence-electron chi connectivity index (χ3n) is 3.38. The van der Waals surface area contributed by atoms with Crippen LogP contribution in [0.5, 0.6) is 0 Å². The number of nitrogens with zero attached hydrogens (tertiary/aromatic N) is 1. The van der Waals surface area contributed by atoms with E-state index in [4.69, 9.17) is 4.74 Å². The highest BCUT2D eigenvalue weighted by Crippen LogP contribution is 2.38. The third-order valence-corrected chi connectivity index (χ3v) is 3.38. The van der Waals surface area contributed by atoms with Crippen molar-refractivity contribution in [2.24, 2.45) is 11.8 Å². The van der Waals surface area contributed by atoms with Gasteiger partial charge in [-0.3, -0.25) is 0 Å². The van der Waals surface area contributed by atoms with Crippen molar-refractivity contribution in [2.75, 3.05) is 13.1 Å². The Hall–Kier alpha value is -0.730. The van der Waals surface area contributed by atoms with Gasteiger partial charge in [0.05, 0.1) is 0 Å². The van der Waals surface area contributed by atoms with Crippen LogP contribution in [0.15, 0.2) is 0 Å². The van der Waals surface area contributed by atoms with Crippen LogP contribution in [0.25, 0.3) is 0 Å². The summed E-state index contributed by atoms with van der Waals surface area (Å²) in [6.45, 7) is 7.59. The molecule has 0 radical (unpaired) electrons. The highest BCUT2D eigenvalue weighted by atomic mass is 16.6. The lowest BCUT2D eigenvalue weighted by Crippen LogP contribution is -2.35. The first-order chi connectivity index (χ1) is 6.96. The topological polar surface area (TPSA) is 29.5 Å². The number of carbonyl (C=O) groups excluding carboxylic acids is 1. The monoisotopic (exact) mass is 213 g/mol. The van der Waals surface area contributed by atoms with Crippen molar-refractivity contribution < 1.29 is 11.0 Å². The summed E-state index contributed by atoms with van der Waals surface area (Å²) in [5.41, 5.74) is -0.366. The summed E-state index contributed by atoms with van der Waals surface area (Å²) in [7, 11) is 0. The number of rotatable bonds is 0. The van der Waals surface area contributed by atoms with Crippen molar-refractivity contribution in [3.05, 3.63) is 0 Å². The van der Waals surface area contributed by atoms with E-state index in [1.54, 1.807) is 0 Å². The SMILES string of the molecule is CC(C)(C)OC(=O)N1CC2CCC[C@H]2C1.[HH]. The molecule has 0 aromatic carbocycles. The lowest BCUT2D eigenvalue weighted by molar-refractivity contribution is 0.0280. The summed E-state index contributed by atoms with van der Waals surface area (Å²) >= 11 is 0. The van der Waals surface area contributed by atoms with Gasteiger partial charge in [-0.15, -0.1) is 0 Å². The van der Waals surface area contributed by atoms with E-state index in [-0.39, 0.29) is 13.1 Å². The molecule has 1 saturated carbocycles. The molecule has 1 heterocycles. The number of hydrogen-bond acceptors (Lipinski definition) is 2. The molecule has 2 aliphatic rings. The highest BCUT2D eigenvalue weighted by Gasteiger charge is 2.39. The highest BCUT2D eigenvalue weighted by molar-refractivity contribution is 5.68. The Morgan fingerprint density at radius 3 is 2.27 bits per heavy atom. The lowest BCUT2D eigenvalue weighted by atomic mass is 10.0. The van der Waals surface area contributed by atoms with Gasteiger partial charge in [-0.25, -0.2) is 4.79 Å². The predicted octanol–water partition coefficient (Wildman–Crippen LogP) is 2.90. The van der Waals surface area contributed by atoms with Gasteiger partial charge < -0.3 is 9.64 Å². The van der Waals surface area contributed by atoms with Crippen LogP contribution < -0.4 is 0 Å². The molecular formula is C12H23NO2. The number of likely N-dealkylation sites (tertiary alicyclic amines) is 1. The second-order valence-corrected chi connectivity index (χ2v) is 5.84. The Labute approximate surface area is 93.3 Å². The van der Waals surface area contributed by atoms with E-state index in [2.05, 4.69) is 0 Å². The van der Waals surface area contributed by atoms with Gasteiger partial charge in [0.25, 0.3) is 0 Å². The van der Waals surface area contributed by atoms with Gasteiger partial charge in [0.1, 0.15) is 5.60 Å². The molecule has 0 aromatic heterocycles. The van der Waals surface area contributed by atoms with Crippen molar-refractivity contribution in [3.63, 3.8) is 0 Å². The molecule has 0 N–H and O–H groups in total. The molecule has 2 rings (SSSR count). The second kappa shape index (κ2) is 3.69. The zero-order chi connectivity index (χ0) is 11.1. The van der Waals surface area contributed by atoms with Gasteiger partial charge in [-0.2, -0.15) is 0 Å². The maximum Gasteiger partial charge on any atom is 0.410 e. The van der Waals surface area contributed by atoms with Crippen molar-refractivity contribution in [2.45, 2.75) is 45.6 Å². The maximum atomic E-state index is 11.8. The van der Waals surface area contributed by atoms with Gasteiger partial charge in [0.15, 0.2) is 0 Å². The first kappa shape index (κ1) is 10.8. The minimum Gasteiger partial charge on any atom is -0.444 e. The number of carbonyl (C=O) groups is 1. The second-order valence-electron chi connectivity index (χ2n) is 5.84. The van der Waals surface area contributed by atoms with E-state index in [0.29, 0.717) is 0 Å². The van der Waals surface area contributed by atoms with Gasteiger partial charge in [0.2, 0.25) is 0 Å². The fraction of sp³-hybridized carbons (Fsp3) is 0.917. The summed E-state index contributed by atoms with van der Waals surface area (Å²) < 4.78 is 5.37. The van der Waals surface area contributed by atoms with Gasteiger partial charge in [-0.05, 0) is 45.4 Å². The quantitative estimate of drug-likeness (QED) is 0.619. The summed E-state index contributed by atoms with van der Waals surface area (Å²) in [5.74, 6) is 1.50. The molecule has 1 aliphatic heterocycles. The molecule has 2 fully saturated rings. The molecule has 88 valence electrons. The fourth-order valence-electron chi connectivity index (χ4n) is 2.71. The Bertz CT molecular complexity index is 250. The van der Waals surface area contributed by atoms with Crippen LogP contribution in [0.4, 0.5) is 4.79 Å². The number of fused-ring (bicyclic) bond motifs is 1. The molecular weight excluding hydrogens is 190 g/mol. The van der Waals surface area contributed by atoms with E-state index >= 15 is 0 Å². The van der Waals surface area contributed by atoms with Crippen LogP contribution in [-0.2, 0) is 4.74 Å². The largest absolute Gasteiger partial charge is 0.444 e. The summed E-state index contributed by atoms with van der Waals surface area (Å²) in [6.07, 6.45) is 3.81. The van der Waals surface area contributed by atoms with Crippen LogP contribution in [0, 0.1) is 11.8 Å². The van der Waals surface area contributed by atoms with E-state index in [0.717, 1.165) is 24.9 Å². The molecule has 0 bridgehead atoms. The zero-order valence-electron chi connectivity index (χ0n) is 9.95. The predicted molar refractivity (Wildman–Crippen MR) is 60.8 cm³/mol. The van der Waals surface area contributed by atoms with Crippen molar-refractivity contribution in [1.29, 1.82) is 0 Å². The molecule has 0 aromatic rings. The normalized spacial score (nSPS) is 30.5. The number of amides is 1. The lowest BCUT2D eigenvalue weighted by Gasteiger charge is -2.24. The van der Waals surface area contributed by atoms with E-state index in [1.165, 1.54) is 19.3 Å². The summed E-state index contributed by atoms with van der Waals surface area (Å²) in [4.78, 5) is 13.7. The molecule has 0 spiro atoms. The van der Waals surface area contributed by atoms with E-state index in [1.807, 2.05) is 25.7 Å². The van der Waals surface area contributed by atoms with E-state index in [9.17, 15) is 4.79 Å². The first-order valence-electron chi connectivity index (χ1n) is 5.93. The van der Waals surface area contributed by atoms with Crippen LogP contribution in [0.2, 0.25) is 0 Å². The summed E-state index contributed by atoms with van der Waals surface area (Å²) in [5, 5.41) is 0. The average molecular weight is 213 g/mol. The summed E-state index contributed by atoms with van der Waals surface area (Å²) in [6, 6.07) is 0. The average Bonchev–Trinajstić information content (AvgIpc) is 2.56. The Morgan fingerprint density at radius 2 is 1.80 bits per heavy atom. The molecule has 3 heteroatoms. The molecule has 1 aliphatic carbocycles. The Balaban J connectivity index is 0.00000128. The van der Waals surface area contributed by atoms with Crippen LogP contribution >= 0.6 is 0 Å². The van der Waals surface area contributed by atoms with Crippen molar-refractivity contribution in [3.8, 4) is 0 Å². The molecule has 15 heavy (non-hydrogen) atoms. The van der Waals surface area contributed by atoms with Crippen molar-refractivity contribution >= 4 is 6.09 Å². The van der Waals surface area contributed by atoms with E-state index < -0.39 is 0 Å². The zero-order valence-corrected chi connectivity index (χ0v) is 9.95. The minimum atomic E-state index is -0.366. The smallest absolute Gasteiger partial charge is 0.410 e. The molecule has 1 saturated heterocycles. The third kappa shape index (κ3) is 2.44. The van der Waals surface area contributed by atoms with Gasteiger partial charge >= 0.3 is 6.09 Å². The van der Waals surface area contributed by atoms with Gasteiger partial charge in [0, 0.05) is 14.5 Å². The fourth-order valence-corrected chi connectivity index (χ4v) is 2.71. The van der Waals surface area contributed by atoms with Crippen LogP contribution in [0.3, 0.4) is 0 Å². The van der Waals surface area contributed by atoms with Gasteiger partial charge in [-0.1, -0.05) is 6.42 Å². The number of hydrogen-bond donors (Lipinski definition) is 0. The molecule has 3 nitrogen and oxygen atoms in total.